The van der Waals surface area contributed by atoms with Crippen LogP contribution in [0.1, 0.15) is 31.2 Å². The van der Waals surface area contributed by atoms with E-state index in [1.807, 2.05) is 36.4 Å². The summed E-state index contributed by atoms with van der Waals surface area (Å²) in [6.07, 6.45) is 5.32. The van der Waals surface area contributed by atoms with Crippen LogP contribution in [0.4, 0.5) is 0 Å². The Morgan fingerprint density at radius 3 is 2.47 bits per heavy atom. The summed E-state index contributed by atoms with van der Waals surface area (Å²) in [7, 11) is -3.15. The summed E-state index contributed by atoms with van der Waals surface area (Å²) in [5, 5.41) is 0.655. The van der Waals surface area contributed by atoms with Crippen LogP contribution < -0.4 is 9.46 Å². The first-order valence-corrected chi connectivity index (χ1v) is 13.0. The van der Waals surface area contributed by atoms with Crippen LogP contribution in [0, 0.1) is 0 Å². The molecule has 2 bridgehead atoms. The first-order valence-electron chi connectivity index (χ1n) is 10.3. The molecule has 0 saturated carbocycles. The van der Waals surface area contributed by atoms with Crippen molar-refractivity contribution in [3.05, 3.63) is 54.1 Å². The summed E-state index contributed by atoms with van der Waals surface area (Å²) >= 11 is 1.55. The highest BCUT2D eigenvalue weighted by atomic mass is 32.2. The Morgan fingerprint density at radius 1 is 1.10 bits per heavy atom. The summed E-state index contributed by atoms with van der Waals surface area (Å²) in [6, 6.07) is 17.2. The number of thiazole rings is 1. The van der Waals surface area contributed by atoms with Crippen molar-refractivity contribution in [2.75, 3.05) is 6.26 Å². The lowest BCUT2D eigenvalue weighted by Crippen LogP contribution is -2.49. The number of sulfonamides is 1. The van der Waals surface area contributed by atoms with Gasteiger partial charge in [-0.25, -0.2) is 18.1 Å². The number of benzene rings is 2. The number of piperidine rings is 1. The van der Waals surface area contributed by atoms with E-state index in [0.717, 1.165) is 48.2 Å². The van der Waals surface area contributed by atoms with E-state index in [0.29, 0.717) is 17.3 Å². The van der Waals surface area contributed by atoms with Gasteiger partial charge in [0.2, 0.25) is 10.0 Å². The number of hydrogen-bond acceptors (Lipinski definition) is 6. The molecule has 0 amide bonds. The Morgan fingerprint density at radius 2 is 1.80 bits per heavy atom. The maximum absolute atomic E-state index is 11.6. The largest absolute Gasteiger partial charge is 0.431 e. The molecule has 2 atom stereocenters. The summed E-state index contributed by atoms with van der Waals surface area (Å²) in [5.41, 5.74) is 2.21. The zero-order valence-electron chi connectivity index (χ0n) is 16.8. The predicted octanol–water partition coefficient (Wildman–Crippen LogP) is 4.13. The minimum absolute atomic E-state index is 0.0679. The molecule has 0 aliphatic carbocycles. The van der Waals surface area contributed by atoms with E-state index < -0.39 is 10.0 Å². The molecule has 2 aliphatic rings. The molecule has 5 rings (SSSR count). The first-order chi connectivity index (χ1) is 14.4. The molecule has 8 heteroatoms. The van der Waals surface area contributed by atoms with Gasteiger partial charge in [0.25, 0.3) is 5.19 Å². The van der Waals surface area contributed by atoms with Gasteiger partial charge in [-0.15, -0.1) is 0 Å². The van der Waals surface area contributed by atoms with Gasteiger partial charge in [0.15, 0.2) is 0 Å². The molecule has 3 aromatic rings. The van der Waals surface area contributed by atoms with Crippen LogP contribution in [0.3, 0.4) is 0 Å². The maximum Gasteiger partial charge on any atom is 0.279 e. The van der Waals surface area contributed by atoms with Crippen molar-refractivity contribution < 1.29 is 13.2 Å². The summed E-state index contributed by atoms with van der Waals surface area (Å²) in [4.78, 5) is 7.07. The number of ether oxygens (including phenoxy) is 1. The van der Waals surface area contributed by atoms with Crippen molar-refractivity contribution >= 4 is 31.6 Å². The average Bonchev–Trinajstić information content (AvgIpc) is 3.19. The molecule has 1 N–H and O–H groups in total. The minimum atomic E-state index is -3.15. The Hall–Kier alpha value is -2.00. The second-order valence-corrected chi connectivity index (χ2v) is 11.1. The zero-order valence-corrected chi connectivity index (χ0v) is 18.5. The van der Waals surface area contributed by atoms with E-state index in [1.54, 1.807) is 11.3 Å². The fourth-order valence-electron chi connectivity index (χ4n) is 4.80. The molecular formula is C22H25N3O3S2. The summed E-state index contributed by atoms with van der Waals surface area (Å²) in [5.74, 6) is 0.789. The second kappa shape index (κ2) is 7.92. The average molecular weight is 444 g/mol. The monoisotopic (exact) mass is 443 g/mol. The molecular weight excluding hydrogens is 418 g/mol. The van der Waals surface area contributed by atoms with Gasteiger partial charge in [-0.1, -0.05) is 35.6 Å². The van der Waals surface area contributed by atoms with Gasteiger partial charge in [0.1, 0.15) is 5.75 Å². The Labute approximate surface area is 180 Å². The third kappa shape index (κ3) is 4.37. The van der Waals surface area contributed by atoms with E-state index in [2.05, 4.69) is 26.7 Å². The molecule has 2 saturated heterocycles. The van der Waals surface area contributed by atoms with Crippen LogP contribution in [0.25, 0.3) is 10.2 Å². The smallest absolute Gasteiger partial charge is 0.279 e. The highest BCUT2D eigenvalue weighted by Crippen LogP contribution is 2.37. The molecule has 6 nitrogen and oxygen atoms in total. The number of nitrogens with one attached hydrogen (secondary N) is 1. The van der Waals surface area contributed by atoms with Crippen molar-refractivity contribution in [2.24, 2.45) is 0 Å². The molecule has 0 radical (unpaired) electrons. The van der Waals surface area contributed by atoms with Gasteiger partial charge >= 0.3 is 0 Å². The van der Waals surface area contributed by atoms with Crippen molar-refractivity contribution in [1.82, 2.24) is 14.6 Å². The van der Waals surface area contributed by atoms with E-state index >= 15 is 0 Å². The lowest BCUT2D eigenvalue weighted by Gasteiger charge is -2.39. The van der Waals surface area contributed by atoms with Gasteiger partial charge in [-0.3, -0.25) is 4.90 Å². The number of fused-ring (bicyclic) bond motifs is 3. The molecule has 30 heavy (non-hydrogen) atoms. The highest BCUT2D eigenvalue weighted by molar-refractivity contribution is 7.88. The van der Waals surface area contributed by atoms with Crippen molar-refractivity contribution in [3.63, 3.8) is 0 Å². The van der Waals surface area contributed by atoms with Gasteiger partial charge < -0.3 is 4.74 Å². The summed E-state index contributed by atoms with van der Waals surface area (Å²) in [6.45, 7) is 0.891. The SMILES string of the molecule is CS(=O)(=O)NC1C[C@H]2CC[C@H](C1)N2Cc1ccc(Oc2nc3ccccc3s2)cc1. The number of hydrogen-bond donors (Lipinski definition) is 1. The topological polar surface area (TPSA) is 71.5 Å². The lowest BCUT2D eigenvalue weighted by atomic mass is 9.97. The fourth-order valence-corrected chi connectivity index (χ4v) is 6.43. The van der Waals surface area contributed by atoms with Gasteiger partial charge in [0.05, 0.1) is 16.5 Å². The Balaban J connectivity index is 1.22. The van der Waals surface area contributed by atoms with Crippen LogP contribution >= 0.6 is 11.3 Å². The molecule has 0 unspecified atom stereocenters. The predicted molar refractivity (Wildman–Crippen MR) is 119 cm³/mol. The molecule has 0 spiro atoms. The van der Waals surface area contributed by atoms with Gasteiger partial charge in [0, 0.05) is 24.7 Å². The standard InChI is InChI=1S/C22H25N3O3S2/c1-30(26,27)24-16-12-17-8-9-18(13-16)25(17)14-15-6-10-19(11-7-15)28-22-23-20-4-2-3-5-21(20)29-22/h2-7,10-11,16-18,24H,8-9,12-14H2,1H3/t17-,18-/m1/s1. The highest BCUT2D eigenvalue weighted by Gasteiger charge is 2.41. The van der Waals surface area contributed by atoms with Crippen LogP contribution in [0.2, 0.25) is 0 Å². The molecule has 158 valence electrons. The fraction of sp³-hybridized carbons (Fsp3) is 0.409. The number of nitrogens with zero attached hydrogens (tertiary/aromatic N) is 2. The van der Waals surface area contributed by atoms with Gasteiger partial charge in [-0.05, 0) is 55.5 Å². The number of para-hydroxylation sites is 1. The van der Waals surface area contributed by atoms with Gasteiger partial charge in [-0.2, -0.15) is 0 Å². The van der Waals surface area contributed by atoms with E-state index in [1.165, 1.54) is 11.8 Å². The van der Waals surface area contributed by atoms with Crippen LogP contribution in [-0.4, -0.2) is 42.7 Å². The van der Waals surface area contributed by atoms with Crippen LogP contribution in [0.5, 0.6) is 10.9 Å². The third-order valence-corrected chi connectivity index (χ3v) is 7.71. The van der Waals surface area contributed by atoms with E-state index in [9.17, 15) is 8.42 Å². The van der Waals surface area contributed by atoms with E-state index in [-0.39, 0.29) is 6.04 Å². The van der Waals surface area contributed by atoms with Crippen molar-refractivity contribution in [2.45, 2.75) is 50.4 Å². The molecule has 2 fully saturated rings. The second-order valence-electron chi connectivity index (χ2n) is 8.31. The van der Waals surface area contributed by atoms with Crippen molar-refractivity contribution in [1.29, 1.82) is 0 Å². The van der Waals surface area contributed by atoms with E-state index in [4.69, 9.17) is 4.74 Å². The normalized spacial score (nSPS) is 24.4. The maximum atomic E-state index is 11.6. The number of aromatic nitrogens is 1. The third-order valence-electron chi connectivity index (χ3n) is 6.03. The first kappa shape index (κ1) is 19.9. The molecule has 2 aliphatic heterocycles. The zero-order chi connectivity index (χ0) is 20.7. The minimum Gasteiger partial charge on any atom is -0.431 e. The Bertz CT molecular complexity index is 1100. The quantitative estimate of drug-likeness (QED) is 0.620. The molecule has 1 aromatic heterocycles. The Kier molecular flexibility index (Phi) is 5.26. The van der Waals surface area contributed by atoms with Crippen molar-refractivity contribution in [3.8, 4) is 10.9 Å². The number of rotatable bonds is 6. The van der Waals surface area contributed by atoms with Crippen LogP contribution in [-0.2, 0) is 16.6 Å². The molecule has 3 heterocycles. The molecule has 2 aromatic carbocycles. The summed E-state index contributed by atoms with van der Waals surface area (Å²) < 4.78 is 33.0. The van der Waals surface area contributed by atoms with Crippen LogP contribution in [0.15, 0.2) is 48.5 Å². The lowest BCUT2D eigenvalue weighted by molar-refractivity contribution is 0.116.